The lowest BCUT2D eigenvalue weighted by atomic mass is 10.2. The number of aromatic nitrogens is 2. The maximum Gasteiger partial charge on any atom is 0.356 e. The van der Waals surface area contributed by atoms with Crippen LogP contribution in [0.4, 0.5) is 0 Å². The van der Waals surface area contributed by atoms with E-state index in [0.717, 1.165) is 11.8 Å². The van der Waals surface area contributed by atoms with Crippen LogP contribution in [-0.2, 0) is 0 Å². The van der Waals surface area contributed by atoms with Crippen molar-refractivity contribution in [1.29, 1.82) is 0 Å². The summed E-state index contributed by atoms with van der Waals surface area (Å²) < 4.78 is 4.99. The number of halogens is 1. The fourth-order valence-electron chi connectivity index (χ4n) is 1.74. The van der Waals surface area contributed by atoms with Crippen LogP contribution in [0.5, 0.6) is 0 Å². The number of benzene rings is 1. The molecule has 0 fully saturated rings. The van der Waals surface area contributed by atoms with Crippen molar-refractivity contribution in [2.45, 2.75) is 0 Å². The number of pyridine rings is 1. The molecule has 2 heterocycles. The Labute approximate surface area is 119 Å². The van der Waals surface area contributed by atoms with Crippen LogP contribution in [0.25, 0.3) is 23.4 Å². The van der Waals surface area contributed by atoms with Gasteiger partial charge in [-0.1, -0.05) is 48.0 Å². The first-order valence-electron chi connectivity index (χ1n) is 5.92. The highest BCUT2D eigenvalue weighted by atomic mass is 35.5. The average Bonchev–Trinajstić information content (AvgIpc) is 2.46. The third kappa shape index (κ3) is 2.60. The van der Waals surface area contributed by atoms with Crippen molar-refractivity contribution in [3.05, 3.63) is 69.3 Å². The molecule has 98 valence electrons. The molecular formula is C15H9ClN2O2. The van der Waals surface area contributed by atoms with Crippen LogP contribution in [-0.4, -0.2) is 9.97 Å². The van der Waals surface area contributed by atoms with Crippen LogP contribution in [0.2, 0.25) is 5.02 Å². The lowest BCUT2D eigenvalue weighted by Gasteiger charge is -2.00. The summed E-state index contributed by atoms with van der Waals surface area (Å²) in [5.41, 5.74) is 1.64. The van der Waals surface area contributed by atoms with E-state index in [0.29, 0.717) is 16.2 Å². The van der Waals surface area contributed by atoms with Gasteiger partial charge < -0.3 is 4.42 Å². The molecule has 3 aromatic rings. The molecule has 0 atom stereocenters. The monoisotopic (exact) mass is 284 g/mol. The molecule has 0 aliphatic rings. The molecular weight excluding hydrogens is 276 g/mol. The Kier molecular flexibility index (Phi) is 3.31. The highest BCUT2D eigenvalue weighted by Gasteiger charge is 2.05. The summed E-state index contributed by atoms with van der Waals surface area (Å²) in [4.78, 5) is 19.3. The first-order valence-corrected chi connectivity index (χ1v) is 6.30. The minimum absolute atomic E-state index is 0.176. The van der Waals surface area contributed by atoms with Crippen LogP contribution in [0, 0.1) is 0 Å². The van der Waals surface area contributed by atoms with Gasteiger partial charge in [0.2, 0.25) is 5.71 Å². The standard InChI is InChI=1S/C15H9ClN2O2/c16-11-8-13-15(20-14(19)9-17-13)18-12(11)7-6-10-4-2-1-3-5-10/h1-9H/b7-6+. The van der Waals surface area contributed by atoms with Gasteiger partial charge in [0.1, 0.15) is 11.7 Å². The van der Waals surface area contributed by atoms with Gasteiger partial charge in [-0.15, -0.1) is 0 Å². The Morgan fingerprint density at radius 1 is 1.15 bits per heavy atom. The van der Waals surface area contributed by atoms with Gasteiger partial charge in [-0.05, 0) is 17.7 Å². The molecule has 0 aliphatic carbocycles. The molecule has 0 amide bonds. The normalized spacial score (nSPS) is 11.2. The fourth-order valence-corrected chi connectivity index (χ4v) is 1.95. The molecule has 0 N–H and O–H groups in total. The molecule has 3 rings (SSSR count). The predicted molar refractivity (Wildman–Crippen MR) is 78.5 cm³/mol. The molecule has 0 radical (unpaired) electrons. The Hall–Kier alpha value is -2.46. The molecule has 0 aliphatic heterocycles. The first kappa shape index (κ1) is 12.6. The molecule has 4 nitrogen and oxygen atoms in total. The van der Waals surface area contributed by atoms with Crippen LogP contribution in [0.1, 0.15) is 11.3 Å². The van der Waals surface area contributed by atoms with Crippen LogP contribution >= 0.6 is 11.6 Å². The van der Waals surface area contributed by atoms with Crippen molar-refractivity contribution in [2.24, 2.45) is 0 Å². The van der Waals surface area contributed by atoms with Crippen molar-refractivity contribution in [1.82, 2.24) is 9.97 Å². The first-order chi connectivity index (χ1) is 9.72. The molecule has 2 aromatic heterocycles. The summed E-state index contributed by atoms with van der Waals surface area (Å²) in [5.74, 6) is 0. The van der Waals surface area contributed by atoms with Gasteiger partial charge >= 0.3 is 5.63 Å². The van der Waals surface area contributed by atoms with Crippen LogP contribution < -0.4 is 5.63 Å². The zero-order chi connectivity index (χ0) is 13.9. The van der Waals surface area contributed by atoms with Gasteiger partial charge in [-0.2, -0.15) is 0 Å². The zero-order valence-electron chi connectivity index (χ0n) is 10.3. The van der Waals surface area contributed by atoms with E-state index in [1.165, 1.54) is 0 Å². The van der Waals surface area contributed by atoms with Gasteiger partial charge in [-0.25, -0.2) is 14.8 Å². The van der Waals surface area contributed by atoms with E-state index in [1.54, 1.807) is 12.1 Å². The lowest BCUT2D eigenvalue weighted by molar-refractivity contribution is 0.543. The summed E-state index contributed by atoms with van der Waals surface area (Å²) in [6, 6.07) is 11.4. The van der Waals surface area contributed by atoms with Crippen molar-refractivity contribution >= 4 is 35.0 Å². The van der Waals surface area contributed by atoms with Crippen LogP contribution in [0.3, 0.4) is 0 Å². The molecule has 0 bridgehead atoms. The summed E-state index contributed by atoms with van der Waals surface area (Å²) in [6.45, 7) is 0. The fraction of sp³-hybridized carbons (Fsp3) is 0. The number of rotatable bonds is 2. The summed E-state index contributed by atoms with van der Waals surface area (Å²) in [6.07, 6.45) is 4.75. The van der Waals surface area contributed by atoms with E-state index in [4.69, 9.17) is 16.0 Å². The number of fused-ring (bicyclic) bond motifs is 1. The quantitative estimate of drug-likeness (QED) is 0.723. The van der Waals surface area contributed by atoms with E-state index in [-0.39, 0.29) is 5.71 Å². The van der Waals surface area contributed by atoms with E-state index in [2.05, 4.69) is 9.97 Å². The third-order valence-corrected chi connectivity index (χ3v) is 2.99. The molecule has 1 aromatic carbocycles. The highest BCUT2D eigenvalue weighted by molar-refractivity contribution is 6.32. The van der Waals surface area contributed by atoms with Gasteiger partial charge in [0.05, 0.1) is 10.7 Å². The zero-order valence-corrected chi connectivity index (χ0v) is 11.0. The Balaban J connectivity index is 2.05. The second kappa shape index (κ2) is 5.27. The molecule has 0 spiro atoms. The average molecular weight is 285 g/mol. The third-order valence-electron chi connectivity index (χ3n) is 2.69. The van der Waals surface area contributed by atoms with Gasteiger partial charge in [-0.3, -0.25) is 0 Å². The Morgan fingerprint density at radius 2 is 1.95 bits per heavy atom. The van der Waals surface area contributed by atoms with Crippen molar-refractivity contribution < 1.29 is 4.42 Å². The smallest absolute Gasteiger partial charge is 0.356 e. The number of nitrogens with zero attached hydrogens (tertiary/aromatic N) is 2. The van der Waals surface area contributed by atoms with E-state index >= 15 is 0 Å². The maximum absolute atomic E-state index is 11.1. The summed E-state index contributed by atoms with van der Waals surface area (Å²) >= 11 is 6.14. The molecule has 20 heavy (non-hydrogen) atoms. The number of hydrogen-bond acceptors (Lipinski definition) is 4. The number of hydrogen-bond donors (Lipinski definition) is 0. The second-order valence-corrected chi connectivity index (χ2v) is 4.51. The largest absolute Gasteiger partial charge is 0.401 e. The maximum atomic E-state index is 11.1. The van der Waals surface area contributed by atoms with Gasteiger partial charge in [0.25, 0.3) is 0 Å². The van der Waals surface area contributed by atoms with Crippen molar-refractivity contribution in [3.8, 4) is 0 Å². The molecule has 0 saturated carbocycles. The minimum Gasteiger partial charge on any atom is -0.401 e. The van der Waals surface area contributed by atoms with Crippen molar-refractivity contribution in [2.75, 3.05) is 0 Å². The topological polar surface area (TPSA) is 56.0 Å². The summed E-state index contributed by atoms with van der Waals surface area (Å²) in [5, 5.41) is 0.450. The minimum atomic E-state index is -0.537. The van der Waals surface area contributed by atoms with Crippen molar-refractivity contribution in [3.63, 3.8) is 0 Å². The van der Waals surface area contributed by atoms with E-state index in [9.17, 15) is 4.79 Å². The lowest BCUT2D eigenvalue weighted by Crippen LogP contribution is -1.99. The molecule has 0 unspecified atom stereocenters. The highest BCUT2D eigenvalue weighted by Crippen LogP contribution is 2.20. The Morgan fingerprint density at radius 3 is 2.75 bits per heavy atom. The van der Waals surface area contributed by atoms with E-state index in [1.807, 2.05) is 36.4 Å². The van der Waals surface area contributed by atoms with Gasteiger partial charge in [0, 0.05) is 0 Å². The Bertz CT molecular complexity index is 841. The predicted octanol–water partition coefficient (Wildman–Crippen LogP) is 3.41. The van der Waals surface area contributed by atoms with Crippen LogP contribution in [0.15, 0.2) is 51.8 Å². The molecule has 0 saturated heterocycles. The summed E-state index contributed by atoms with van der Waals surface area (Å²) in [7, 11) is 0. The van der Waals surface area contributed by atoms with Gasteiger partial charge in [0.15, 0.2) is 0 Å². The van der Waals surface area contributed by atoms with E-state index < -0.39 is 5.63 Å². The second-order valence-electron chi connectivity index (χ2n) is 4.10. The molecule has 5 heteroatoms. The SMILES string of the molecule is O=c1cnc2cc(Cl)c(/C=C/c3ccccc3)nc2o1.